The first-order chi connectivity index (χ1) is 4.06. The summed E-state index contributed by atoms with van der Waals surface area (Å²) in [5.74, 6) is 0. The number of hydrogen-bond acceptors (Lipinski definition) is 1. The molecule has 9 heavy (non-hydrogen) atoms. The number of nitrogens with zero attached hydrogens (tertiary/aromatic N) is 1. The third kappa shape index (κ3) is 2.17. The van der Waals surface area contributed by atoms with Crippen LogP contribution in [0.1, 0.15) is 20.3 Å². The Balaban J connectivity index is 4.14. The fourth-order valence-corrected chi connectivity index (χ4v) is 1.91. The highest BCUT2D eigenvalue weighted by Crippen LogP contribution is 2.35. The Morgan fingerprint density at radius 1 is 1.67 bits per heavy atom. The van der Waals surface area contributed by atoms with E-state index in [1.807, 2.05) is 13.8 Å². The molecule has 0 spiro atoms. The number of nitriles is 1. The van der Waals surface area contributed by atoms with Crippen molar-refractivity contribution in [2.45, 2.75) is 25.3 Å². The first kappa shape index (κ1) is 9.29. The van der Waals surface area contributed by atoms with E-state index in [0.29, 0.717) is 0 Å². The molecule has 4 heteroatoms. The van der Waals surface area contributed by atoms with Crippen LogP contribution in [-0.2, 0) is 0 Å². The maximum atomic E-state index is 8.57. The average molecular weight is 182 g/mol. The van der Waals surface area contributed by atoms with Crippen LogP contribution in [0.5, 0.6) is 0 Å². The minimum atomic E-state index is -1.82. The van der Waals surface area contributed by atoms with Crippen molar-refractivity contribution in [1.82, 2.24) is 0 Å². The summed E-state index contributed by atoms with van der Waals surface area (Å²) in [7, 11) is -1.82. The molecule has 0 bridgehead atoms. The Morgan fingerprint density at radius 2 is 2.11 bits per heavy atom. The summed E-state index contributed by atoms with van der Waals surface area (Å²) in [5, 5.41) is 8.13. The second kappa shape index (κ2) is 3.45. The lowest BCUT2D eigenvalue weighted by atomic mass is 10.1. The first-order valence-corrected chi connectivity index (χ1v) is 6.83. The van der Waals surface area contributed by atoms with Crippen molar-refractivity contribution >= 4 is 29.6 Å². The summed E-state index contributed by atoms with van der Waals surface area (Å²) in [6, 6.07) is 2.13. The lowest BCUT2D eigenvalue weighted by Crippen LogP contribution is -2.17. The summed E-state index contributed by atoms with van der Waals surface area (Å²) < 4.78 is 0. The van der Waals surface area contributed by atoms with Gasteiger partial charge in [-0.3, -0.25) is 0 Å². The summed E-state index contributed by atoms with van der Waals surface area (Å²) in [6.45, 7) is 3.73. The van der Waals surface area contributed by atoms with Crippen molar-refractivity contribution in [3.8, 4) is 6.07 Å². The van der Waals surface area contributed by atoms with Crippen LogP contribution in [0, 0.1) is 11.3 Å². The van der Waals surface area contributed by atoms with Gasteiger partial charge < -0.3 is 0 Å². The van der Waals surface area contributed by atoms with Crippen molar-refractivity contribution in [3.05, 3.63) is 0 Å². The molecule has 0 N–H and O–H groups in total. The molecular weight excluding hydrogens is 173 g/mol. The second-order valence-corrected chi connectivity index (χ2v) is 7.35. The zero-order chi connectivity index (χ0) is 7.49. The lowest BCUT2D eigenvalue weighted by molar-refractivity contribution is 0.732. The zero-order valence-electron chi connectivity index (χ0n) is 5.49. The van der Waals surface area contributed by atoms with Crippen molar-refractivity contribution in [3.63, 3.8) is 0 Å². The third-order valence-corrected chi connectivity index (χ3v) is 5.86. The molecule has 1 unspecified atom stereocenters. The van der Waals surface area contributed by atoms with E-state index in [9.17, 15) is 0 Å². The summed E-state index contributed by atoms with van der Waals surface area (Å²) in [4.78, 5) is 0. The van der Waals surface area contributed by atoms with E-state index in [4.69, 9.17) is 27.4 Å². The Morgan fingerprint density at radius 3 is 2.11 bits per heavy atom. The van der Waals surface area contributed by atoms with Crippen LogP contribution in [0.25, 0.3) is 0 Å². The van der Waals surface area contributed by atoms with Gasteiger partial charge >= 0.3 is 0 Å². The molecule has 52 valence electrons. The highest BCUT2D eigenvalue weighted by molar-refractivity contribution is 7.35. The molecule has 0 aromatic rings. The highest BCUT2D eigenvalue weighted by Gasteiger charge is 2.31. The van der Waals surface area contributed by atoms with Gasteiger partial charge in [0, 0.05) is 0 Å². The van der Waals surface area contributed by atoms with Crippen LogP contribution < -0.4 is 0 Å². The fourth-order valence-electron chi connectivity index (χ4n) is 0.282. The van der Waals surface area contributed by atoms with Gasteiger partial charge in [-0.25, -0.2) is 0 Å². The van der Waals surface area contributed by atoms with E-state index in [2.05, 4.69) is 6.07 Å². The summed E-state index contributed by atoms with van der Waals surface area (Å²) >= 11 is 11.3. The van der Waals surface area contributed by atoms with E-state index >= 15 is 0 Å². The van der Waals surface area contributed by atoms with E-state index in [1.165, 1.54) is 0 Å². The minimum absolute atomic E-state index is 0.441. The molecule has 0 saturated carbocycles. The van der Waals surface area contributed by atoms with Crippen molar-refractivity contribution < 1.29 is 0 Å². The minimum Gasteiger partial charge on any atom is -0.198 e. The molecule has 0 aliphatic heterocycles. The van der Waals surface area contributed by atoms with Crippen molar-refractivity contribution in [2.24, 2.45) is 0 Å². The quantitative estimate of drug-likeness (QED) is 0.475. The van der Waals surface area contributed by atoms with Crippen LogP contribution in [0.3, 0.4) is 0 Å². The van der Waals surface area contributed by atoms with Crippen molar-refractivity contribution in [1.29, 1.82) is 5.26 Å². The Kier molecular flexibility index (Phi) is 3.56. The molecule has 0 aliphatic rings. The molecule has 0 aliphatic carbocycles. The number of rotatable bonds is 2. The molecule has 0 rings (SSSR count). The lowest BCUT2D eigenvalue weighted by Gasteiger charge is -2.17. The van der Waals surface area contributed by atoms with Crippen molar-refractivity contribution in [2.75, 3.05) is 0 Å². The molecular formula is C5H9Cl2NSi. The van der Waals surface area contributed by atoms with E-state index < -0.39 is 12.5 Å². The second-order valence-electron chi connectivity index (χ2n) is 2.18. The van der Waals surface area contributed by atoms with E-state index in [0.717, 1.165) is 6.42 Å². The average Bonchev–Trinajstić information content (AvgIpc) is 1.86. The molecule has 0 heterocycles. The monoisotopic (exact) mass is 181 g/mol. The standard InChI is InChI=1S/C5H9Cl2NSi/c1-3-5(2,4-8)9(6)7/h9H,3H2,1-2H3. The molecule has 0 aromatic carbocycles. The van der Waals surface area contributed by atoms with E-state index in [-0.39, 0.29) is 0 Å². The van der Waals surface area contributed by atoms with Gasteiger partial charge in [-0.05, 0) is 13.3 Å². The van der Waals surface area contributed by atoms with Gasteiger partial charge in [0.15, 0.2) is 0 Å². The van der Waals surface area contributed by atoms with Crippen LogP contribution in [0.2, 0.25) is 5.04 Å². The summed E-state index contributed by atoms with van der Waals surface area (Å²) in [5.41, 5.74) is 0. The number of halogens is 2. The first-order valence-electron chi connectivity index (χ1n) is 2.76. The molecule has 1 nitrogen and oxygen atoms in total. The predicted octanol–water partition coefficient (Wildman–Crippen LogP) is 2.38. The fraction of sp³-hybridized carbons (Fsp3) is 0.800. The largest absolute Gasteiger partial charge is 0.256 e. The SMILES string of the molecule is CCC(C)(C#N)[SiH](Cl)Cl. The highest BCUT2D eigenvalue weighted by atomic mass is 35.7. The summed E-state index contributed by atoms with van der Waals surface area (Å²) in [6.07, 6.45) is 0.743. The Labute approximate surface area is 66.6 Å². The molecule has 0 radical (unpaired) electrons. The van der Waals surface area contributed by atoms with Crippen LogP contribution in [0.15, 0.2) is 0 Å². The topological polar surface area (TPSA) is 23.8 Å². The van der Waals surface area contributed by atoms with Gasteiger partial charge in [0.1, 0.15) is 0 Å². The Hall–Kier alpha value is 0.287. The van der Waals surface area contributed by atoms with Gasteiger partial charge in [0.05, 0.1) is 11.1 Å². The van der Waals surface area contributed by atoms with Gasteiger partial charge in [-0.15, -0.1) is 22.2 Å². The van der Waals surface area contributed by atoms with E-state index in [1.54, 1.807) is 0 Å². The maximum absolute atomic E-state index is 8.57. The van der Waals surface area contributed by atoms with Crippen LogP contribution in [0.4, 0.5) is 0 Å². The molecule has 1 atom stereocenters. The van der Waals surface area contributed by atoms with Crippen LogP contribution >= 0.6 is 22.2 Å². The van der Waals surface area contributed by atoms with Gasteiger partial charge in [0.25, 0.3) is 7.42 Å². The zero-order valence-corrected chi connectivity index (χ0v) is 8.15. The maximum Gasteiger partial charge on any atom is 0.256 e. The molecule has 0 aromatic heterocycles. The predicted molar refractivity (Wildman–Crippen MR) is 43.1 cm³/mol. The van der Waals surface area contributed by atoms with Crippen LogP contribution in [-0.4, -0.2) is 7.42 Å². The molecule has 0 fully saturated rings. The molecule has 0 saturated heterocycles. The number of hydrogen-bond donors (Lipinski definition) is 0. The Bertz CT molecular complexity index is 131. The molecule has 0 amide bonds. The van der Waals surface area contributed by atoms with Gasteiger partial charge in [0.2, 0.25) is 0 Å². The normalized spacial score (nSPS) is 16.9. The smallest absolute Gasteiger partial charge is 0.198 e. The van der Waals surface area contributed by atoms with Gasteiger partial charge in [-0.2, -0.15) is 5.26 Å². The van der Waals surface area contributed by atoms with Gasteiger partial charge in [-0.1, -0.05) is 6.92 Å². The third-order valence-electron chi connectivity index (χ3n) is 1.47.